The average molecular weight is 260 g/mol. The van der Waals surface area contributed by atoms with Crippen LogP contribution < -0.4 is 4.74 Å². The van der Waals surface area contributed by atoms with Gasteiger partial charge in [0.15, 0.2) is 0 Å². The van der Waals surface area contributed by atoms with Crippen molar-refractivity contribution in [2.24, 2.45) is 0 Å². The predicted octanol–water partition coefficient (Wildman–Crippen LogP) is 3.89. The molecule has 0 radical (unpaired) electrons. The topological polar surface area (TPSA) is 29.5 Å². The molecule has 1 heterocycles. The SMILES string of the molecule is C=C(CC(O)c1ccc(OC)cc1)c1cccs1. The van der Waals surface area contributed by atoms with Gasteiger partial charge in [-0.05, 0) is 34.7 Å². The van der Waals surface area contributed by atoms with Crippen LogP contribution >= 0.6 is 11.3 Å². The number of rotatable bonds is 5. The number of ether oxygens (including phenoxy) is 1. The van der Waals surface area contributed by atoms with Gasteiger partial charge >= 0.3 is 0 Å². The van der Waals surface area contributed by atoms with E-state index in [1.807, 2.05) is 41.8 Å². The highest BCUT2D eigenvalue weighted by Gasteiger charge is 2.11. The largest absolute Gasteiger partial charge is 0.497 e. The monoisotopic (exact) mass is 260 g/mol. The number of aliphatic hydroxyl groups is 1. The van der Waals surface area contributed by atoms with E-state index in [9.17, 15) is 5.11 Å². The Morgan fingerprint density at radius 2 is 2.06 bits per heavy atom. The lowest BCUT2D eigenvalue weighted by Crippen LogP contribution is -1.98. The first-order valence-corrected chi connectivity index (χ1v) is 6.62. The Labute approximate surface area is 111 Å². The van der Waals surface area contributed by atoms with E-state index in [1.165, 1.54) is 0 Å². The van der Waals surface area contributed by atoms with Gasteiger partial charge in [-0.2, -0.15) is 0 Å². The molecule has 1 aromatic heterocycles. The van der Waals surface area contributed by atoms with Gasteiger partial charge in [0.1, 0.15) is 5.75 Å². The summed E-state index contributed by atoms with van der Waals surface area (Å²) >= 11 is 1.64. The van der Waals surface area contributed by atoms with Crippen molar-refractivity contribution in [1.29, 1.82) is 0 Å². The summed E-state index contributed by atoms with van der Waals surface area (Å²) in [6.45, 7) is 4.02. The highest BCUT2D eigenvalue weighted by Crippen LogP contribution is 2.29. The van der Waals surface area contributed by atoms with E-state index in [0.29, 0.717) is 6.42 Å². The van der Waals surface area contributed by atoms with E-state index in [4.69, 9.17) is 4.74 Å². The Bertz CT molecular complexity index is 500. The Morgan fingerprint density at radius 3 is 2.61 bits per heavy atom. The summed E-state index contributed by atoms with van der Waals surface area (Å²) in [5.41, 5.74) is 1.85. The highest BCUT2D eigenvalue weighted by atomic mass is 32.1. The van der Waals surface area contributed by atoms with Crippen LogP contribution in [0.2, 0.25) is 0 Å². The predicted molar refractivity (Wildman–Crippen MR) is 75.9 cm³/mol. The Kier molecular flexibility index (Phi) is 4.18. The van der Waals surface area contributed by atoms with Gasteiger partial charge in [-0.25, -0.2) is 0 Å². The molecule has 0 aliphatic heterocycles. The molecule has 0 aliphatic rings. The quantitative estimate of drug-likeness (QED) is 0.883. The van der Waals surface area contributed by atoms with Crippen LogP contribution in [0.4, 0.5) is 0 Å². The van der Waals surface area contributed by atoms with E-state index in [-0.39, 0.29) is 0 Å². The minimum absolute atomic E-state index is 0.523. The second-order valence-electron chi connectivity index (χ2n) is 4.07. The molecule has 0 spiro atoms. The number of methoxy groups -OCH3 is 1. The fourth-order valence-electron chi connectivity index (χ4n) is 1.76. The van der Waals surface area contributed by atoms with Gasteiger partial charge in [-0.15, -0.1) is 11.3 Å². The van der Waals surface area contributed by atoms with Crippen LogP contribution in [0.3, 0.4) is 0 Å². The van der Waals surface area contributed by atoms with Gasteiger partial charge < -0.3 is 9.84 Å². The van der Waals surface area contributed by atoms with Gasteiger partial charge in [-0.1, -0.05) is 24.8 Å². The number of hydrogen-bond donors (Lipinski definition) is 1. The van der Waals surface area contributed by atoms with E-state index in [2.05, 4.69) is 6.58 Å². The van der Waals surface area contributed by atoms with Crippen LogP contribution in [0, 0.1) is 0 Å². The fourth-order valence-corrected chi connectivity index (χ4v) is 2.47. The smallest absolute Gasteiger partial charge is 0.118 e. The molecule has 0 saturated carbocycles. The molecule has 0 saturated heterocycles. The van der Waals surface area contributed by atoms with Crippen molar-refractivity contribution in [3.05, 3.63) is 58.8 Å². The first-order valence-electron chi connectivity index (χ1n) is 5.74. The van der Waals surface area contributed by atoms with Crippen molar-refractivity contribution in [3.63, 3.8) is 0 Å². The Balaban J connectivity index is 2.02. The molecule has 0 aliphatic carbocycles. The molecule has 2 rings (SSSR count). The van der Waals surface area contributed by atoms with Crippen molar-refractivity contribution < 1.29 is 9.84 Å². The third-order valence-corrected chi connectivity index (χ3v) is 3.78. The maximum Gasteiger partial charge on any atom is 0.118 e. The van der Waals surface area contributed by atoms with Crippen LogP contribution in [0.1, 0.15) is 23.0 Å². The molecule has 2 nitrogen and oxygen atoms in total. The second-order valence-corrected chi connectivity index (χ2v) is 5.02. The summed E-state index contributed by atoms with van der Waals surface area (Å²) in [6.07, 6.45) is 0.0258. The van der Waals surface area contributed by atoms with Gasteiger partial charge in [0.2, 0.25) is 0 Å². The molecule has 3 heteroatoms. The third-order valence-electron chi connectivity index (χ3n) is 2.81. The highest BCUT2D eigenvalue weighted by molar-refractivity contribution is 7.11. The van der Waals surface area contributed by atoms with E-state index in [0.717, 1.165) is 21.8 Å². The number of benzene rings is 1. The molecule has 2 aromatic rings. The van der Waals surface area contributed by atoms with Gasteiger partial charge in [0.25, 0.3) is 0 Å². The summed E-state index contributed by atoms with van der Waals surface area (Å²) in [5.74, 6) is 0.794. The summed E-state index contributed by atoms with van der Waals surface area (Å²) in [7, 11) is 1.63. The lowest BCUT2D eigenvalue weighted by atomic mass is 10.0. The standard InChI is InChI=1S/C15H16O2S/c1-11(15-4-3-9-18-15)10-14(16)12-5-7-13(17-2)8-6-12/h3-9,14,16H,1,10H2,2H3. The van der Waals surface area contributed by atoms with Crippen molar-refractivity contribution in [1.82, 2.24) is 0 Å². The van der Waals surface area contributed by atoms with Crippen molar-refractivity contribution in [3.8, 4) is 5.75 Å². The molecule has 94 valence electrons. The lowest BCUT2D eigenvalue weighted by Gasteiger charge is -2.12. The second kappa shape index (κ2) is 5.85. The van der Waals surface area contributed by atoms with Crippen LogP contribution in [0.5, 0.6) is 5.75 Å². The summed E-state index contributed by atoms with van der Waals surface area (Å²) < 4.78 is 5.09. The zero-order valence-corrected chi connectivity index (χ0v) is 11.1. The Morgan fingerprint density at radius 1 is 1.33 bits per heavy atom. The minimum atomic E-state index is -0.523. The van der Waals surface area contributed by atoms with E-state index >= 15 is 0 Å². The normalized spacial score (nSPS) is 12.1. The maximum absolute atomic E-state index is 10.2. The summed E-state index contributed by atoms with van der Waals surface area (Å²) in [4.78, 5) is 1.13. The molecule has 0 bridgehead atoms. The average Bonchev–Trinajstić information content (AvgIpc) is 2.92. The molecule has 1 unspecified atom stereocenters. The number of hydrogen-bond acceptors (Lipinski definition) is 3. The third kappa shape index (κ3) is 3.00. The Hall–Kier alpha value is -1.58. The fraction of sp³-hybridized carbons (Fsp3) is 0.200. The minimum Gasteiger partial charge on any atom is -0.497 e. The zero-order valence-electron chi connectivity index (χ0n) is 10.3. The van der Waals surface area contributed by atoms with Crippen LogP contribution in [0.15, 0.2) is 48.4 Å². The maximum atomic E-state index is 10.2. The van der Waals surface area contributed by atoms with Gasteiger partial charge in [0.05, 0.1) is 13.2 Å². The number of thiophene rings is 1. The molecular weight excluding hydrogens is 244 g/mol. The molecule has 0 fully saturated rings. The molecule has 1 N–H and O–H groups in total. The lowest BCUT2D eigenvalue weighted by molar-refractivity contribution is 0.184. The molecule has 1 atom stereocenters. The molecule has 18 heavy (non-hydrogen) atoms. The van der Waals surface area contributed by atoms with Gasteiger partial charge in [0, 0.05) is 11.3 Å². The zero-order chi connectivity index (χ0) is 13.0. The summed E-state index contributed by atoms with van der Waals surface area (Å²) in [5, 5.41) is 12.2. The van der Waals surface area contributed by atoms with Crippen molar-refractivity contribution in [2.75, 3.05) is 7.11 Å². The van der Waals surface area contributed by atoms with Crippen LogP contribution in [0.25, 0.3) is 5.57 Å². The van der Waals surface area contributed by atoms with E-state index < -0.39 is 6.10 Å². The van der Waals surface area contributed by atoms with Crippen LogP contribution in [-0.4, -0.2) is 12.2 Å². The molecule has 0 amide bonds. The van der Waals surface area contributed by atoms with Crippen molar-refractivity contribution >= 4 is 16.9 Å². The number of aliphatic hydroxyl groups excluding tert-OH is 1. The van der Waals surface area contributed by atoms with E-state index in [1.54, 1.807) is 18.4 Å². The van der Waals surface area contributed by atoms with Gasteiger partial charge in [-0.3, -0.25) is 0 Å². The van der Waals surface area contributed by atoms with Crippen molar-refractivity contribution in [2.45, 2.75) is 12.5 Å². The summed E-state index contributed by atoms with van der Waals surface area (Å²) in [6, 6.07) is 11.5. The first-order chi connectivity index (χ1) is 8.70. The van der Waals surface area contributed by atoms with Crippen LogP contribution in [-0.2, 0) is 0 Å². The molecule has 1 aromatic carbocycles. The first kappa shape index (κ1) is 12.9. The molecular formula is C15H16O2S.